The Morgan fingerprint density at radius 1 is 1.32 bits per heavy atom. The van der Waals surface area contributed by atoms with Crippen molar-refractivity contribution < 1.29 is 9.59 Å². The molecule has 2 rings (SSSR count). The van der Waals surface area contributed by atoms with Crippen LogP contribution in [0.4, 0.5) is 10.5 Å². The molecule has 120 valence electrons. The predicted octanol–water partition coefficient (Wildman–Crippen LogP) is 2.96. The molecule has 1 N–H and O–H groups in total. The summed E-state index contributed by atoms with van der Waals surface area (Å²) in [4.78, 5) is 27.8. The fraction of sp³-hybridized carbons (Fsp3) is 0.529. The number of amides is 3. The summed E-state index contributed by atoms with van der Waals surface area (Å²) in [5.74, 6) is 0.476. The number of urea groups is 1. The van der Waals surface area contributed by atoms with Gasteiger partial charge < -0.3 is 15.1 Å². The molecular weight excluding hydrogens is 278 g/mol. The van der Waals surface area contributed by atoms with E-state index >= 15 is 0 Å². The summed E-state index contributed by atoms with van der Waals surface area (Å²) >= 11 is 0. The maximum atomic E-state index is 12.4. The monoisotopic (exact) mass is 303 g/mol. The van der Waals surface area contributed by atoms with E-state index < -0.39 is 0 Å². The van der Waals surface area contributed by atoms with Gasteiger partial charge in [0.25, 0.3) is 5.91 Å². The topological polar surface area (TPSA) is 52.7 Å². The molecule has 1 fully saturated rings. The minimum Gasteiger partial charge on any atom is -0.345 e. The Kier molecular flexibility index (Phi) is 5.06. The Bertz CT molecular complexity index is 569. The van der Waals surface area contributed by atoms with Gasteiger partial charge in [0.2, 0.25) is 0 Å². The highest BCUT2D eigenvalue weighted by atomic mass is 16.2. The Balaban J connectivity index is 2.13. The Labute approximate surface area is 132 Å². The summed E-state index contributed by atoms with van der Waals surface area (Å²) in [6.45, 7) is 5.69. The van der Waals surface area contributed by atoms with E-state index in [-0.39, 0.29) is 11.9 Å². The highest BCUT2D eigenvalue weighted by molar-refractivity contribution is 5.97. The number of hydrogen-bond acceptors (Lipinski definition) is 2. The molecule has 0 unspecified atom stereocenters. The molecular formula is C17H25N3O2. The number of nitrogens with zero attached hydrogens (tertiary/aromatic N) is 2. The number of carbonyl (C=O) groups is 2. The number of carbonyl (C=O) groups excluding carboxylic acids is 2. The molecule has 0 aliphatic carbocycles. The molecule has 1 heterocycles. The Morgan fingerprint density at radius 3 is 2.68 bits per heavy atom. The molecule has 0 aromatic heterocycles. The molecule has 1 aromatic rings. The average Bonchev–Trinajstić information content (AvgIpc) is 2.48. The molecule has 0 bridgehead atoms. The number of nitrogens with one attached hydrogen (secondary N) is 1. The first-order valence-corrected chi connectivity index (χ1v) is 7.76. The van der Waals surface area contributed by atoms with E-state index in [0.717, 1.165) is 25.1 Å². The van der Waals surface area contributed by atoms with Crippen LogP contribution in [-0.2, 0) is 0 Å². The predicted molar refractivity (Wildman–Crippen MR) is 88.2 cm³/mol. The summed E-state index contributed by atoms with van der Waals surface area (Å²) < 4.78 is 0. The van der Waals surface area contributed by atoms with Gasteiger partial charge in [-0.05, 0) is 43.4 Å². The van der Waals surface area contributed by atoms with E-state index in [1.807, 2.05) is 17.9 Å². The zero-order valence-electron chi connectivity index (χ0n) is 13.8. The quantitative estimate of drug-likeness (QED) is 0.913. The minimum absolute atomic E-state index is 0.0675. The van der Waals surface area contributed by atoms with Crippen molar-refractivity contribution >= 4 is 17.6 Å². The van der Waals surface area contributed by atoms with Crippen LogP contribution in [0.25, 0.3) is 0 Å². The van der Waals surface area contributed by atoms with Gasteiger partial charge in [-0.3, -0.25) is 4.79 Å². The lowest BCUT2D eigenvalue weighted by Gasteiger charge is -2.31. The van der Waals surface area contributed by atoms with Crippen LogP contribution in [0.5, 0.6) is 0 Å². The Hall–Kier alpha value is -2.04. The van der Waals surface area contributed by atoms with E-state index in [1.165, 1.54) is 11.3 Å². The zero-order chi connectivity index (χ0) is 16.3. The second kappa shape index (κ2) is 6.81. The van der Waals surface area contributed by atoms with Gasteiger partial charge in [-0.15, -0.1) is 0 Å². The first-order valence-electron chi connectivity index (χ1n) is 7.76. The fourth-order valence-corrected chi connectivity index (χ4v) is 2.72. The molecule has 22 heavy (non-hydrogen) atoms. The van der Waals surface area contributed by atoms with Crippen molar-refractivity contribution in [1.29, 1.82) is 0 Å². The van der Waals surface area contributed by atoms with Crippen molar-refractivity contribution in [2.24, 2.45) is 5.92 Å². The van der Waals surface area contributed by atoms with Crippen LogP contribution in [0, 0.1) is 12.8 Å². The standard InChI is InChI=1S/C17H25N3O2/c1-12-6-5-9-20(11-12)17(22)18-15-10-14(8-7-13(15)2)16(21)19(3)4/h7-8,10,12H,5-6,9,11H2,1-4H3,(H,18,22)/t12-/m0/s1. The molecule has 1 saturated heterocycles. The van der Waals surface area contributed by atoms with E-state index in [0.29, 0.717) is 17.2 Å². The summed E-state index contributed by atoms with van der Waals surface area (Å²) in [6, 6.07) is 5.33. The SMILES string of the molecule is Cc1ccc(C(=O)N(C)C)cc1NC(=O)N1CCC[C@H](C)C1. The van der Waals surface area contributed by atoms with E-state index in [1.54, 1.807) is 26.2 Å². The highest BCUT2D eigenvalue weighted by Crippen LogP contribution is 2.20. The normalized spacial score (nSPS) is 18.0. The maximum absolute atomic E-state index is 12.4. The molecule has 0 radical (unpaired) electrons. The van der Waals surface area contributed by atoms with E-state index in [2.05, 4.69) is 12.2 Å². The lowest BCUT2D eigenvalue weighted by Crippen LogP contribution is -2.41. The van der Waals surface area contributed by atoms with Crippen LogP contribution in [0.3, 0.4) is 0 Å². The van der Waals surface area contributed by atoms with Crippen LogP contribution >= 0.6 is 0 Å². The zero-order valence-corrected chi connectivity index (χ0v) is 13.8. The maximum Gasteiger partial charge on any atom is 0.321 e. The van der Waals surface area contributed by atoms with Gasteiger partial charge in [0.05, 0.1) is 0 Å². The number of piperidine rings is 1. The second-order valence-electron chi connectivity index (χ2n) is 6.35. The van der Waals surface area contributed by atoms with Crippen LogP contribution < -0.4 is 5.32 Å². The number of anilines is 1. The van der Waals surface area contributed by atoms with Gasteiger partial charge >= 0.3 is 6.03 Å². The lowest BCUT2D eigenvalue weighted by atomic mass is 10.0. The highest BCUT2D eigenvalue weighted by Gasteiger charge is 2.21. The minimum atomic E-state index is -0.0795. The van der Waals surface area contributed by atoms with Gasteiger partial charge in [-0.1, -0.05) is 13.0 Å². The van der Waals surface area contributed by atoms with Crippen LogP contribution in [0.15, 0.2) is 18.2 Å². The number of likely N-dealkylation sites (tertiary alicyclic amines) is 1. The largest absolute Gasteiger partial charge is 0.345 e. The number of aryl methyl sites for hydroxylation is 1. The Morgan fingerprint density at radius 2 is 2.05 bits per heavy atom. The molecule has 1 aromatic carbocycles. The van der Waals surface area contributed by atoms with Crippen molar-refractivity contribution in [2.45, 2.75) is 26.7 Å². The third-order valence-electron chi connectivity index (χ3n) is 4.08. The molecule has 3 amide bonds. The van der Waals surface area contributed by atoms with Crippen LogP contribution in [0.2, 0.25) is 0 Å². The molecule has 5 nitrogen and oxygen atoms in total. The summed E-state index contributed by atoms with van der Waals surface area (Å²) in [7, 11) is 3.44. The average molecular weight is 303 g/mol. The molecule has 5 heteroatoms. The lowest BCUT2D eigenvalue weighted by molar-refractivity contribution is 0.0827. The number of rotatable bonds is 2. The summed E-state index contributed by atoms with van der Waals surface area (Å²) in [6.07, 6.45) is 2.22. The van der Waals surface area contributed by atoms with Crippen molar-refractivity contribution in [3.8, 4) is 0 Å². The molecule has 0 saturated carbocycles. The van der Waals surface area contributed by atoms with Gasteiger partial charge in [-0.25, -0.2) is 4.79 Å². The van der Waals surface area contributed by atoms with E-state index in [9.17, 15) is 9.59 Å². The molecule has 1 aliphatic heterocycles. The summed E-state index contributed by atoms with van der Waals surface area (Å²) in [5.41, 5.74) is 2.24. The molecule has 1 aliphatic rings. The fourth-order valence-electron chi connectivity index (χ4n) is 2.72. The number of benzene rings is 1. The molecule has 1 atom stereocenters. The first-order chi connectivity index (χ1) is 10.4. The van der Waals surface area contributed by atoms with Crippen LogP contribution in [-0.4, -0.2) is 48.9 Å². The van der Waals surface area contributed by atoms with Crippen molar-refractivity contribution in [3.63, 3.8) is 0 Å². The van der Waals surface area contributed by atoms with Crippen molar-refractivity contribution in [3.05, 3.63) is 29.3 Å². The van der Waals surface area contributed by atoms with Crippen LogP contribution in [0.1, 0.15) is 35.7 Å². The van der Waals surface area contributed by atoms with Crippen molar-refractivity contribution in [1.82, 2.24) is 9.80 Å². The van der Waals surface area contributed by atoms with E-state index in [4.69, 9.17) is 0 Å². The number of hydrogen-bond donors (Lipinski definition) is 1. The van der Waals surface area contributed by atoms with Gasteiger partial charge in [0.15, 0.2) is 0 Å². The second-order valence-corrected chi connectivity index (χ2v) is 6.35. The third kappa shape index (κ3) is 3.78. The van der Waals surface area contributed by atoms with Gasteiger partial charge in [0, 0.05) is 38.4 Å². The smallest absolute Gasteiger partial charge is 0.321 e. The van der Waals surface area contributed by atoms with Crippen molar-refractivity contribution in [2.75, 3.05) is 32.5 Å². The first kappa shape index (κ1) is 16.3. The van der Waals surface area contributed by atoms with Gasteiger partial charge in [0.1, 0.15) is 0 Å². The third-order valence-corrected chi connectivity index (χ3v) is 4.08. The summed E-state index contributed by atoms with van der Waals surface area (Å²) in [5, 5.41) is 2.95. The molecule has 0 spiro atoms. The van der Waals surface area contributed by atoms with Gasteiger partial charge in [-0.2, -0.15) is 0 Å².